The Labute approximate surface area is 124 Å². The van der Waals surface area contributed by atoms with E-state index in [0.29, 0.717) is 6.61 Å². The lowest BCUT2D eigenvalue weighted by molar-refractivity contribution is -0.00902. The topological polar surface area (TPSA) is 91.3 Å². The minimum absolute atomic E-state index is 0.0767. The molecular weight excluding hydrogens is 270 g/mol. The van der Waals surface area contributed by atoms with Crippen LogP contribution >= 0.6 is 0 Å². The van der Waals surface area contributed by atoms with Gasteiger partial charge in [0, 0.05) is 25.2 Å². The summed E-state index contributed by atoms with van der Waals surface area (Å²) in [7, 11) is 0. The van der Waals surface area contributed by atoms with Crippen LogP contribution < -0.4 is 5.73 Å². The van der Waals surface area contributed by atoms with Crippen molar-refractivity contribution in [3.8, 4) is 0 Å². The van der Waals surface area contributed by atoms with Gasteiger partial charge in [-0.05, 0) is 18.4 Å². The maximum absolute atomic E-state index is 8.85. The second-order valence-electron chi connectivity index (χ2n) is 5.21. The quantitative estimate of drug-likeness (QED) is 0.312. The molecule has 0 aliphatic carbocycles. The van der Waals surface area contributed by atoms with Crippen LogP contribution in [0.4, 0.5) is 0 Å². The maximum atomic E-state index is 8.85. The Morgan fingerprint density at radius 1 is 1.33 bits per heavy atom. The molecule has 0 bridgehead atoms. The van der Waals surface area contributed by atoms with Crippen LogP contribution in [0.3, 0.4) is 0 Å². The second-order valence-corrected chi connectivity index (χ2v) is 5.21. The monoisotopic (exact) mass is 293 g/mol. The maximum Gasteiger partial charge on any atom is 0.170 e. The van der Waals surface area contributed by atoms with Gasteiger partial charge >= 0.3 is 0 Å². The highest BCUT2D eigenvalue weighted by atomic mass is 16.5. The van der Waals surface area contributed by atoms with Gasteiger partial charge in [-0.15, -0.1) is 0 Å². The predicted molar refractivity (Wildman–Crippen MR) is 80.3 cm³/mol. The fraction of sp³-hybridized carbons (Fsp3) is 0.533. The summed E-state index contributed by atoms with van der Waals surface area (Å²) in [6.45, 7) is 3.16. The number of nitrogens with two attached hydrogens (primary N) is 1. The Hall–Kier alpha value is -1.63. The minimum atomic E-state index is 0.0767. The molecule has 21 heavy (non-hydrogen) atoms. The summed E-state index contributed by atoms with van der Waals surface area (Å²) in [5.74, 6) is 0.145. The van der Waals surface area contributed by atoms with Gasteiger partial charge in [0.2, 0.25) is 0 Å². The summed E-state index contributed by atoms with van der Waals surface area (Å²) in [6, 6.07) is 7.70. The summed E-state index contributed by atoms with van der Waals surface area (Å²) >= 11 is 0. The molecule has 1 aliphatic rings. The van der Waals surface area contributed by atoms with Crippen molar-refractivity contribution in [3.63, 3.8) is 0 Å². The summed E-state index contributed by atoms with van der Waals surface area (Å²) in [4.78, 5) is 2.34. The lowest BCUT2D eigenvalue weighted by atomic mass is 10.0. The average Bonchev–Trinajstić information content (AvgIpc) is 2.54. The first-order chi connectivity index (χ1) is 10.2. The van der Waals surface area contributed by atoms with Gasteiger partial charge in [0.15, 0.2) is 5.84 Å². The van der Waals surface area contributed by atoms with Gasteiger partial charge in [-0.25, -0.2) is 0 Å². The third-order valence-corrected chi connectivity index (χ3v) is 3.77. The Balaban J connectivity index is 1.92. The van der Waals surface area contributed by atoms with Crippen molar-refractivity contribution in [2.75, 3.05) is 26.3 Å². The minimum Gasteiger partial charge on any atom is -0.409 e. The van der Waals surface area contributed by atoms with Crippen LogP contribution in [-0.2, 0) is 11.3 Å². The molecule has 6 heteroatoms. The third-order valence-electron chi connectivity index (χ3n) is 3.77. The first-order valence-electron chi connectivity index (χ1n) is 7.25. The zero-order valence-electron chi connectivity index (χ0n) is 12.1. The highest BCUT2D eigenvalue weighted by molar-refractivity contribution is 5.98. The Morgan fingerprint density at radius 3 is 2.71 bits per heavy atom. The Kier molecular flexibility index (Phi) is 5.98. The largest absolute Gasteiger partial charge is 0.409 e. The zero-order valence-corrected chi connectivity index (χ0v) is 12.1. The molecule has 0 spiro atoms. The number of oxime groups is 1. The van der Waals surface area contributed by atoms with E-state index in [1.165, 1.54) is 0 Å². The van der Waals surface area contributed by atoms with Gasteiger partial charge in [-0.3, -0.25) is 4.90 Å². The molecule has 0 radical (unpaired) electrons. The van der Waals surface area contributed by atoms with E-state index in [1.807, 2.05) is 24.3 Å². The molecule has 6 nitrogen and oxygen atoms in total. The molecule has 1 aromatic carbocycles. The van der Waals surface area contributed by atoms with Crippen molar-refractivity contribution in [1.82, 2.24) is 4.90 Å². The SMILES string of the molecule is N/C(=N/O)c1ccccc1CN1CCC(OCCO)CC1. The summed E-state index contributed by atoms with van der Waals surface area (Å²) < 4.78 is 5.56. The molecule has 0 aromatic heterocycles. The van der Waals surface area contributed by atoms with Crippen LogP contribution in [0.1, 0.15) is 24.0 Å². The van der Waals surface area contributed by atoms with Crippen LogP contribution in [0, 0.1) is 0 Å². The number of nitrogens with zero attached hydrogens (tertiary/aromatic N) is 2. The molecule has 1 heterocycles. The van der Waals surface area contributed by atoms with E-state index in [-0.39, 0.29) is 18.5 Å². The van der Waals surface area contributed by atoms with Crippen molar-refractivity contribution in [3.05, 3.63) is 35.4 Å². The second kappa shape index (κ2) is 7.97. The van der Waals surface area contributed by atoms with Gasteiger partial charge in [0.1, 0.15) is 0 Å². The number of hydrogen-bond donors (Lipinski definition) is 3. The zero-order chi connectivity index (χ0) is 15.1. The van der Waals surface area contributed by atoms with Gasteiger partial charge in [-0.2, -0.15) is 0 Å². The molecule has 1 fully saturated rings. The molecule has 1 saturated heterocycles. The van der Waals surface area contributed by atoms with E-state index in [4.69, 9.17) is 20.8 Å². The highest BCUT2D eigenvalue weighted by Crippen LogP contribution is 2.18. The summed E-state index contributed by atoms with van der Waals surface area (Å²) in [5, 5.41) is 20.7. The molecule has 4 N–H and O–H groups in total. The van der Waals surface area contributed by atoms with Gasteiger partial charge in [-0.1, -0.05) is 29.4 Å². The van der Waals surface area contributed by atoms with Crippen molar-refractivity contribution in [2.45, 2.75) is 25.5 Å². The van der Waals surface area contributed by atoms with Gasteiger partial charge in [0.05, 0.1) is 19.3 Å². The lowest BCUT2D eigenvalue weighted by Gasteiger charge is -2.32. The molecule has 1 aromatic rings. The Morgan fingerprint density at radius 2 is 2.05 bits per heavy atom. The first kappa shape index (κ1) is 15.8. The number of rotatable bonds is 6. The van der Waals surface area contributed by atoms with E-state index >= 15 is 0 Å². The normalized spacial score (nSPS) is 18.0. The number of amidine groups is 1. The molecule has 1 aliphatic heterocycles. The van der Waals surface area contributed by atoms with Crippen molar-refractivity contribution < 1.29 is 15.1 Å². The summed E-state index contributed by atoms with van der Waals surface area (Å²) in [6.07, 6.45) is 2.17. The molecule has 0 saturated carbocycles. The first-order valence-corrected chi connectivity index (χ1v) is 7.25. The molecule has 0 unspecified atom stereocenters. The molecule has 0 amide bonds. The van der Waals surface area contributed by atoms with Crippen LogP contribution in [0.15, 0.2) is 29.4 Å². The molecule has 116 valence electrons. The van der Waals surface area contributed by atoms with E-state index in [0.717, 1.165) is 43.6 Å². The fourth-order valence-electron chi connectivity index (χ4n) is 2.66. The third kappa shape index (κ3) is 4.42. The van der Waals surface area contributed by atoms with Crippen LogP contribution in [0.2, 0.25) is 0 Å². The highest BCUT2D eigenvalue weighted by Gasteiger charge is 2.20. The number of benzene rings is 1. The molecular formula is C15H23N3O3. The number of piperidine rings is 1. The summed E-state index contributed by atoms with van der Waals surface area (Å²) in [5.41, 5.74) is 7.55. The molecule has 2 rings (SSSR count). The van der Waals surface area contributed by atoms with E-state index < -0.39 is 0 Å². The van der Waals surface area contributed by atoms with Gasteiger partial charge in [0.25, 0.3) is 0 Å². The number of hydrogen-bond acceptors (Lipinski definition) is 5. The van der Waals surface area contributed by atoms with E-state index in [1.54, 1.807) is 0 Å². The number of aliphatic hydroxyl groups is 1. The number of likely N-dealkylation sites (tertiary alicyclic amines) is 1. The van der Waals surface area contributed by atoms with Crippen LogP contribution in [-0.4, -0.2) is 53.5 Å². The van der Waals surface area contributed by atoms with E-state index in [2.05, 4.69) is 10.1 Å². The fourth-order valence-corrected chi connectivity index (χ4v) is 2.66. The van der Waals surface area contributed by atoms with Crippen molar-refractivity contribution >= 4 is 5.84 Å². The predicted octanol–water partition coefficient (Wildman–Crippen LogP) is 0.754. The van der Waals surface area contributed by atoms with E-state index in [9.17, 15) is 0 Å². The number of aliphatic hydroxyl groups excluding tert-OH is 1. The van der Waals surface area contributed by atoms with Gasteiger partial charge < -0.3 is 20.8 Å². The van der Waals surface area contributed by atoms with Crippen molar-refractivity contribution in [1.29, 1.82) is 0 Å². The van der Waals surface area contributed by atoms with Crippen LogP contribution in [0.25, 0.3) is 0 Å². The van der Waals surface area contributed by atoms with Crippen molar-refractivity contribution in [2.24, 2.45) is 10.9 Å². The average molecular weight is 293 g/mol. The lowest BCUT2D eigenvalue weighted by Crippen LogP contribution is -2.37. The Bertz CT molecular complexity index is 471. The number of ether oxygens (including phenoxy) is 1. The molecule has 0 atom stereocenters. The van der Waals surface area contributed by atoms with Crippen LogP contribution in [0.5, 0.6) is 0 Å². The standard InChI is InChI=1S/C15H23N3O3/c16-15(17-20)14-4-2-1-3-12(14)11-18-7-5-13(6-8-18)21-10-9-19/h1-4,13,19-20H,5-11H2,(H2,16,17). The smallest absolute Gasteiger partial charge is 0.170 e.